The molecule has 0 aromatic carbocycles. The third-order valence-corrected chi connectivity index (χ3v) is 7.10. The summed E-state index contributed by atoms with van der Waals surface area (Å²) >= 11 is 0. The van der Waals surface area contributed by atoms with Gasteiger partial charge in [-0.1, -0.05) is 70.6 Å². The number of carbonyl (C=O) groups is 1. The maximum atomic E-state index is 13.8. The Morgan fingerprint density at radius 3 is 2.64 bits per heavy atom. The number of aromatic nitrogens is 4. The lowest BCUT2D eigenvalue weighted by molar-refractivity contribution is -0.137. The van der Waals surface area contributed by atoms with E-state index in [-0.39, 0.29) is 35.7 Å². The van der Waals surface area contributed by atoms with Gasteiger partial charge in [0.1, 0.15) is 6.23 Å². The Bertz CT molecular complexity index is 1050. The molecule has 0 spiro atoms. The van der Waals surface area contributed by atoms with Crippen molar-refractivity contribution in [3.05, 3.63) is 12.4 Å². The maximum absolute atomic E-state index is 13.8. The molecule has 1 fully saturated rings. The lowest BCUT2D eigenvalue weighted by atomic mass is 9.81. The van der Waals surface area contributed by atoms with Crippen molar-refractivity contribution >= 4 is 23.0 Å². The fourth-order valence-corrected chi connectivity index (χ4v) is 5.12. The summed E-state index contributed by atoms with van der Waals surface area (Å²) in [7, 11) is 0. The van der Waals surface area contributed by atoms with E-state index in [9.17, 15) is 14.3 Å². The van der Waals surface area contributed by atoms with Crippen LogP contribution in [0.3, 0.4) is 0 Å². The number of nitrogens with two attached hydrogens (primary N) is 1. The molecule has 198 valence electrons. The number of ether oxygens (including phenoxy) is 1. The van der Waals surface area contributed by atoms with Crippen LogP contribution in [0, 0.1) is 24.3 Å². The molecule has 4 N–H and O–H groups in total. The van der Waals surface area contributed by atoms with E-state index >= 15 is 0 Å². The zero-order chi connectivity index (χ0) is 26.1. The number of nitrogen functional groups attached to an aromatic ring is 1. The van der Waals surface area contributed by atoms with E-state index in [4.69, 9.17) is 22.0 Å². The molecule has 10 heteroatoms. The second-order valence-electron chi connectivity index (χ2n) is 9.83. The SMILES string of the molecule is C#C[C@@]1(CC(CCCCCC)CCCCCCC(=O)O)O[C@@H](n2cnc3c(N)nc(F)nc32)C[C@@H]1O. The molecule has 36 heavy (non-hydrogen) atoms. The van der Waals surface area contributed by atoms with Crippen LogP contribution in [0.25, 0.3) is 11.2 Å². The summed E-state index contributed by atoms with van der Waals surface area (Å²) in [4.78, 5) is 22.3. The number of fused-ring (bicyclic) bond motifs is 1. The summed E-state index contributed by atoms with van der Waals surface area (Å²) in [5, 5.41) is 19.9. The molecular formula is C26H38FN5O4. The van der Waals surface area contributed by atoms with E-state index in [1.807, 2.05) is 0 Å². The monoisotopic (exact) mass is 503 g/mol. The number of unbranched alkanes of at least 4 members (excludes halogenated alkanes) is 6. The number of aliphatic hydroxyl groups excluding tert-OH is 1. The van der Waals surface area contributed by atoms with Gasteiger partial charge in [0.15, 0.2) is 22.6 Å². The lowest BCUT2D eigenvalue weighted by Crippen LogP contribution is -2.40. The van der Waals surface area contributed by atoms with Gasteiger partial charge >= 0.3 is 12.0 Å². The van der Waals surface area contributed by atoms with Crippen LogP contribution < -0.4 is 5.73 Å². The van der Waals surface area contributed by atoms with Crippen molar-refractivity contribution < 1.29 is 24.1 Å². The molecule has 0 bridgehead atoms. The van der Waals surface area contributed by atoms with Gasteiger partial charge in [-0.3, -0.25) is 9.36 Å². The average molecular weight is 504 g/mol. The highest BCUT2D eigenvalue weighted by Gasteiger charge is 2.49. The molecule has 0 saturated carbocycles. The van der Waals surface area contributed by atoms with Crippen LogP contribution >= 0.6 is 0 Å². The minimum atomic E-state index is -1.17. The van der Waals surface area contributed by atoms with Crippen molar-refractivity contribution in [1.82, 2.24) is 19.5 Å². The van der Waals surface area contributed by atoms with Crippen molar-refractivity contribution in [3.63, 3.8) is 0 Å². The van der Waals surface area contributed by atoms with Crippen molar-refractivity contribution in [2.45, 2.75) is 108 Å². The lowest BCUT2D eigenvalue weighted by Gasteiger charge is -2.31. The van der Waals surface area contributed by atoms with Crippen molar-refractivity contribution in [2.24, 2.45) is 5.92 Å². The normalized spacial score (nSPS) is 22.6. The number of imidazole rings is 1. The molecule has 9 nitrogen and oxygen atoms in total. The van der Waals surface area contributed by atoms with Crippen LogP contribution in [-0.4, -0.2) is 47.4 Å². The molecule has 3 rings (SSSR count). The minimum Gasteiger partial charge on any atom is -0.481 e. The molecule has 4 atom stereocenters. The van der Waals surface area contributed by atoms with E-state index in [1.165, 1.54) is 12.7 Å². The number of terminal acetylenes is 1. The number of hydrogen-bond acceptors (Lipinski definition) is 7. The van der Waals surface area contributed by atoms with E-state index < -0.39 is 30.0 Å². The van der Waals surface area contributed by atoms with E-state index in [2.05, 4.69) is 27.8 Å². The molecule has 2 aromatic rings. The van der Waals surface area contributed by atoms with Crippen molar-refractivity contribution in [3.8, 4) is 12.3 Å². The Balaban J connectivity index is 1.69. The molecule has 3 heterocycles. The molecule has 1 unspecified atom stereocenters. The second-order valence-corrected chi connectivity index (χ2v) is 9.83. The predicted molar refractivity (Wildman–Crippen MR) is 134 cm³/mol. The third-order valence-electron chi connectivity index (χ3n) is 7.10. The number of rotatable bonds is 15. The van der Waals surface area contributed by atoms with Gasteiger partial charge < -0.3 is 20.7 Å². The summed E-state index contributed by atoms with van der Waals surface area (Å²) in [6.07, 6.45) is 15.8. The number of carboxylic acid groups (broad SMARTS) is 1. The molecule has 0 amide bonds. The van der Waals surface area contributed by atoms with E-state index in [1.54, 1.807) is 4.57 Å². The van der Waals surface area contributed by atoms with Gasteiger partial charge in [0, 0.05) is 12.8 Å². The first-order valence-corrected chi connectivity index (χ1v) is 13.0. The summed E-state index contributed by atoms with van der Waals surface area (Å²) in [5.41, 5.74) is 5.08. The van der Waals surface area contributed by atoms with Gasteiger partial charge in [-0.05, 0) is 18.8 Å². The van der Waals surface area contributed by atoms with E-state index in [0.29, 0.717) is 12.8 Å². The summed E-state index contributed by atoms with van der Waals surface area (Å²) < 4.78 is 21.7. The largest absolute Gasteiger partial charge is 0.481 e. The van der Waals surface area contributed by atoms with E-state index in [0.717, 1.165) is 51.4 Å². The fraction of sp³-hybridized carbons (Fsp3) is 0.692. The number of carboxylic acids is 1. The van der Waals surface area contributed by atoms with Crippen LogP contribution in [0.4, 0.5) is 10.2 Å². The number of hydrogen-bond donors (Lipinski definition) is 3. The number of halogens is 1. The predicted octanol–water partition coefficient (Wildman–Crippen LogP) is 4.60. The zero-order valence-electron chi connectivity index (χ0n) is 21.0. The summed E-state index contributed by atoms with van der Waals surface area (Å²) in [6, 6.07) is 0. The van der Waals surface area contributed by atoms with Crippen molar-refractivity contribution in [2.75, 3.05) is 5.73 Å². The topological polar surface area (TPSA) is 136 Å². The van der Waals surface area contributed by atoms with Crippen LogP contribution in [0.1, 0.15) is 96.6 Å². The molecule has 0 aliphatic carbocycles. The Hall–Kier alpha value is -2.77. The number of nitrogens with zero attached hydrogens (tertiary/aromatic N) is 4. The first kappa shape index (κ1) is 27.8. The Morgan fingerprint density at radius 2 is 1.97 bits per heavy atom. The van der Waals surface area contributed by atoms with Crippen LogP contribution in [0.15, 0.2) is 6.33 Å². The highest BCUT2D eigenvalue weighted by atomic mass is 19.1. The van der Waals surface area contributed by atoms with Crippen LogP contribution in [-0.2, 0) is 9.53 Å². The van der Waals surface area contributed by atoms with Crippen molar-refractivity contribution in [1.29, 1.82) is 0 Å². The van der Waals surface area contributed by atoms with Gasteiger partial charge in [0.2, 0.25) is 0 Å². The average Bonchev–Trinajstić information content (AvgIpc) is 3.40. The Kier molecular flexibility index (Phi) is 10.0. The molecule has 2 aromatic heterocycles. The first-order chi connectivity index (χ1) is 17.3. The number of aliphatic hydroxyl groups is 1. The number of aliphatic carboxylic acids is 1. The van der Waals surface area contributed by atoms with Gasteiger partial charge in [-0.15, -0.1) is 6.42 Å². The standard InChI is InChI=1S/C26H38FN5O4/c1-3-5-6-9-12-18(13-10-7-8-11-14-21(34)35)16-26(4-2)19(33)15-20(36-26)32-17-29-22-23(28)30-25(27)31-24(22)32/h2,17-20,33H,3,5-16H2,1H3,(H,34,35)(H2,28,30,31)/t18?,19-,20+,26-/m0/s1. The highest BCUT2D eigenvalue weighted by Crippen LogP contribution is 2.43. The molecule has 1 aliphatic heterocycles. The summed E-state index contributed by atoms with van der Waals surface area (Å²) in [6.45, 7) is 2.18. The molecular weight excluding hydrogens is 465 g/mol. The quantitative estimate of drug-likeness (QED) is 0.182. The Morgan fingerprint density at radius 1 is 1.28 bits per heavy atom. The smallest absolute Gasteiger partial charge is 0.312 e. The Labute approximate surface area is 211 Å². The molecule has 1 saturated heterocycles. The van der Waals surface area contributed by atoms with Gasteiger partial charge in [-0.25, -0.2) is 4.98 Å². The molecule has 1 aliphatic rings. The van der Waals surface area contributed by atoms with Gasteiger partial charge in [-0.2, -0.15) is 14.4 Å². The highest BCUT2D eigenvalue weighted by molar-refractivity contribution is 5.81. The van der Waals surface area contributed by atoms with Gasteiger partial charge in [0.05, 0.1) is 12.4 Å². The first-order valence-electron chi connectivity index (χ1n) is 13.0. The van der Waals surface area contributed by atoms with Crippen LogP contribution in [0.5, 0.6) is 0 Å². The van der Waals surface area contributed by atoms with Gasteiger partial charge in [0.25, 0.3) is 0 Å². The second kappa shape index (κ2) is 13.0. The third kappa shape index (κ3) is 6.92. The fourth-order valence-electron chi connectivity index (χ4n) is 5.12. The molecule has 0 radical (unpaired) electrons. The number of anilines is 1. The van der Waals surface area contributed by atoms with Crippen LogP contribution in [0.2, 0.25) is 0 Å². The maximum Gasteiger partial charge on any atom is 0.312 e. The summed E-state index contributed by atoms with van der Waals surface area (Å²) in [5.74, 6) is 2.19. The minimum absolute atomic E-state index is 0.0616. The zero-order valence-corrected chi connectivity index (χ0v) is 21.0.